The Kier molecular flexibility index (Phi) is 6.00. The zero-order chi connectivity index (χ0) is 17.1. The van der Waals surface area contributed by atoms with Crippen LogP contribution in [0.1, 0.15) is 30.6 Å². The highest BCUT2D eigenvalue weighted by molar-refractivity contribution is 6.31. The lowest BCUT2D eigenvalue weighted by atomic mass is 10.0. The molecule has 4 nitrogen and oxygen atoms in total. The highest BCUT2D eigenvalue weighted by atomic mass is 35.5. The number of carbonyl (C=O) groups is 1. The number of rotatable bonds is 5. The molecule has 0 saturated carbocycles. The second-order valence-electron chi connectivity index (χ2n) is 6.56. The maximum Gasteiger partial charge on any atom is 0.253 e. The fourth-order valence-electron chi connectivity index (χ4n) is 3.01. The summed E-state index contributed by atoms with van der Waals surface area (Å²) in [7, 11) is 1.76. The molecular weight excluding hydrogens is 319 g/mol. The summed E-state index contributed by atoms with van der Waals surface area (Å²) in [5, 5.41) is 9.61. The quantitative estimate of drug-likeness (QED) is 0.894. The Morgan fingerprint density at radius 1 is 1.52 bits per heavy atom. The van der Waals surface area contributed by atoms with E-state index in [0.29, 0.717) is 18.7 Å². The van der Waals surface area contributed by atoms with E-state index in [-0.39, 0.29) is 29.0 Å². The van der Waals surface area contributed by atoms with E-state index in [0.717, 1.165) is 13.0 Å². The number of halogens is 2. The topological polar surface area (TPSA) is 43.8 Å². The second kappa shape index (κ2) is 7.60. The van der Waals surface area contributed by atoms with Crippen LogP contribution in [0.15, 0.2) is 18.2 Å². The molecule has 128 valence electrons. The van der Waals surface area contributed by atoms with Crippen molar-refractivity contribution in [3.63, 3.8) is 0 Å². The molecule has 6 heteroatoms. The number of benzene rings is 1. The number of hydrogen-bond donors (Lipinski definition) is 1. The molecule has 0 bridgehead atoms. The average molecular weight is 343 g/mol. The van der Waals surface area contributed by atoms with E-state index in [1.807, 2.05) is 0 Å². The van der Waals surface area contributed by atoms with Gasteiger partial charge in [-0.25, -0.2) is 4.39 Å². The SMILES string of the molecule is CC(C)[C@@H](CN1CC[C@@H](O)C1)N(C)C(=O)c1ccc(F)c(Cl)c1. The molecule has 0 radical (unpaired) electrons. The lowest BCUT2D eigenvalue weighted by Gasteiger charge is -2.34. The van der Waals surface area contributed by atoms with Crippen LogP contribution < -0.4 is 0 Å². The molecule has 1 fully saturated rings. The van der Waals surface area contributed by atoms with E-state index in [2.05, 4.69) is 18.7 Å². The molecule has 1 aliphatic heterocycles. The summed E-state index contributed by atoms with van der Waals surface area (Å²) in [4.78, 5) is 16.5. The number of carbonyl (C=O) groups excluding carboxylic acids is 1. The lowest BCUT2D eigenvalue weighted by Crippen LogP contribution is -2.47. The molecule has 1 aromatic rings. The molecule has 1 amide bonds. The van der Waals surface area contributed by atoms with Gasteiger partial charge in [-0.2, -0.15) is 0 Å². The number of β-amino-alcohol motifs (C(OH)–C–C–N with tert-alkyl or cyclic N) is 1. The third-order valence-electron chi connectivity index (χ3n) is 4.45. The predicted octanol–water partition coefficient (Wildman–Crippen LogP) is 2.64. The largest absolute Gasteiger partial charge is 0.392 e. The van der Waals surface area contributed by atoms with Gasteiger partial charge in [-0.1, -0.05) is 25.4 Å². The normalized spacial score (nSPS) is 20.0. The molecule has 23 heavy (non-hydrogen) atoms. The first kappa shape index (κ1) is 18.2. The number of likely N-dealkylation sites (tertiary alicyclic amines) is 1. The van der Waals surface area contributed by atoms with Gasteiger partial charge in [0.15, 0.2) is 0 Å². The van der Waals surface area contributed by atoms with Crippen molar-refractivity contribution >= 4 is 17.5 Å². The van der Waals surface area contributed by atoms with E-state index in [1.165, 1.54) is 18.2 Å². The summed E-state index contributed by atoms with van der Waals surface area (Å²) < 4.78 is 13.3. The number of likely N-dealkylation sites (N-methyl/N-ethyl adjacent to an activating group) is 1. The van der Waals surface area contributed by atoms with Gasteiger partial charge in [0.2, 0.25) is 0 Å². The van der Waals surface area contributed by atoms with Crippen LogP contribution in [0.25, 0.3) is 0 Å². The molecule has 0 aliphatic carbocycles. The van der Waals surface area contributed by atoms with Crippen molar-refractivity contribution in [2.45, 2.75) is 32.4 Å². The van der Waals surface area contributed by atoms with E-state index < -0.39 is 5.82 Å². The van der Waals surface area contributed by atoms with E-state index in [4.69, 9.17) is 11.6 Å². The maximum absolute atomic E-state index is 13.3. The van der Waals surface area contributed by atoms with Gasteiger partial charge in [-0.15, -0.1) is 0 Å². The molecule has 0 unspecified atom stereocenters. The summed E-state index contributed by atoms with van der Waals surface area (Å²) in [6.07, 6.45) is 0.496. The highest BCUT2D eigenvalue weighted by Crippen LogP contribution is 2.20. The second-order valence-corrected chi connectivity index (χ2v) is 6.97. The standard InChI is InChI=1S/C17H24ClFN2O2/c1-11(2)16(10-21-7-6-13(22)9-21)20(3)17(23)12-4-5-15(19)14(18)8-12/h4-5,8,11,13,16,22H,6-7,9-10H2,1-3H3/t13-,16-/m1/s1. The van der Waals surface area contributed by atoms with Crippen molar-refractivity contribution in [1.29, 1.82) is 0 Å². The van der Waals surface area contributed by atoms with E-state index >= 15 is 0 Å². The molecular formula is C17H24ClFN2O2. The summed E-state index contributed by atoms with van der Waals surface area (Å²) in [6.45, 7) is 6.34. The third-order valence-corrected chi connectivity index (χ3v) is 4.74. The van der Waals surface area contributed by atoms with Crippen LogP contribution >= 0.6 is 11.6 Å². The van der Waals surface area contributed by atoms with Crippen molar-refractivity contribution in [1.82, 2.24) is 9.80 Å². The van der Waals surface area contributed by atoms with Crippen LogP contribution in [0.5, 0.6) is 0 Å². The van der Waals surface area contributed by atoms with Crippen LogP contribution in [0.3, 0.4) is 0 Å². The minimum Gasteiger partial charge on any atom is -0.392 e. The first-order chi connectivity index (χ1) is 10.8. The maximum atomic E-state index is 13.3. The molecule has 1 heterocycles. The van der Waals surface area contributed by atoms with E-state index in [1.54, 1.807) is 11.9 Å². The summed E-state index contributed by atoms with van der Waals surface area (Å²) in [5.41, 5.74) is 0.381. The minimum atomic E-state index is -0.530. The summed E-state index contributed by atoms with van der Waals surface area (Å²) >= 11 is 5.78. The van der Waals surface area contributed by atoms with Crippen molar-refractivity contribution < 1.29 is 14.3 Å². The molecule has 2 atom stereocenters. The Labute approximate surface area is 141 Å². The van der Waals surface area contributed by atoms with Crippen LogP contribution in [0.2, 0.25) is 5.02 Å². The summed E-state index contributed by atoms with van der Waals surface area (Å²) in [6, 6.07) is 4.05. The van der Waals surface area contributed by atoms with Crippen molar-refractivity contribution in [3.8, 4) is 0 Å². The van der Waals surface area contributed by atoms with E-state index in [9.17, 15) is 14.3 Å². The van der Waals surface area contributed by atoms with Crippen LogP contribution in [-0.4, -0.2) is 59.6 Å². The smallest absolute Gasteiger partial charge is 0.253 e. The van der Waals surface area contributed by atoms with Gasteiger partial charge in [0.1, 0.15) is 5.82 Å². The van der Waals surface area contributed by atoms with Gasteiger partial charge in [-0.3, -0.25) is 9.69 Å². The predicted molar refractivity (Wildman–Crippen MR) is 89.2 cm³/mol. The number of aliphatic hydroxyl groups excluding tert-OH is 1. The number of aliphatic hydroxyl groups is 1. The molecule has 1 aromatic carbocycles. The first-order valence-corrected chi connectivity index (χ1v) is 8.30. The number of hydrogen-bond acceptors (Lipinski definition) is 3. The van der Waals surface area contributed by atoms with Gasteiger partial charge in [0.05, 0.1) is 11.1 Å². The zero-order valence-corrected chi connectivity index (χ0v) is 14.6. The third kappa shape index (κ3) is 4.43. The van der Waals surface area contributed by atoms with Crippen LogP contribution in [0, 0.1) is 11.7 Å². The van der Waals surface area contributed by atoms with Gasteiger partial charge in [-0.05, 0) is 30.5 Å². The van der Waals surface area contributed by atoms with Crippen LogP contribution in [-0.2, 0) is 0 Å². The van der Waals surface area contributed by atoms with Crippen LogP contribution in [0.4, 0.5) is 4.39 Å². The Bertz CT molecular complexity index is 568. The fraction of sp³-hybridized carbons (Fsp3) is 0.588. The Morgan fingerprint density at radius 3 is 2.74 bits per heavy atom. The van der Waals surface area contributed by atoms with Crippen molar-refractivity contribution in [2.24, 2.45) is 5.92 Å². The Morgan fingerprint density at radius 2 is 2.22 bits per heavy atom. The van der Waals surface area contributed by atoms with Crippen molar-refractivity contribution in [2.75, 3.05) is 26.7 Å². The monoisotopic (exact) mass is 342 g/mol. The minimum absolute atomic E-state index is 0.0108. The zero-order valence-electron chi connectivity index (χ0n) is 13.8. The molecule has 1 saturated heterocycles. The van der Waals surface area contributed by atoms with Gasteiger partial charge >= 0.3 is 0 Å². The van der Waals surface area contributed by atoms with Gasteiger partial charge < -0.3 is 10.0 Å². The average Bonchev–Trinajstić information content (AvgIpc) is 2.91. The molecule has 2 rings (SSSR count). The molecule has 0 aromatic heterocycles. The van der Waals surface area contributed by atoms with Crippen molar-refractivity contribution in [3.05, 3.63) is 34.6 Å². The molecule has 1 N–H and O–H groups in total. The molecule has 1 aliphatic rings. The van der Waals surface area contributed by atoms with Gasteiger partial charge in [0, 0.05) is 38.3 Å². The lowest BCUT2D eigenvalue weighted by molar-refractivity contribution is 0.0633. The Hall–Kier alpha value is -1.17. The Balaban J connectivity index is 2.11. The first-order valence-electron chi connectivity index (χ1n) is 7.92. The highest BCUT2D eigenvalue weighted by Gasteiger charge is 2.29. The fourth-order valence-corrected chi connectivity index (χ4v) is 3.19. The number of amides is 1. The molecule has 0 spiro atoms. The summed E-state index contributed by atoms with van der Waals surface area (Å²) in [5.74, 6) is -0.444. The number of nitrogens with zero attached hydrogens (tertiary/aromatic N) is 2. The van der Waals surface area contributed by atoms with Gasteiger partial charge in [0.25, 0.3) is 5.91 Å².